The first kappa shape index (κ1) is 13.3. The fourth-order valence-corrected chi connectivity index (χ4v) is 3.62. The highest BCUT2D eigenvalue weighted by atomic mass is 35.5. The van der Waals surface area contributed by atoms with Gasteiger partial charge in [0.15, 0.2) is 0 Å². The molecule has 0 nitrogen and oxygen atoms in total. The molecule has 0 bridgehead atoms. The second-order valence-electron chi connectivity index (χ2n) is 4.85. The van der Waals surface area contributed by atoms with E-state index in [1.807, 2.05) is 18.2 Å². The van der Waals surface area contributed by atoms with Crippen LogP contribution in [-0.2, 0) is 0 Å². The number of rotatable bonds is 4. The molecule has 2 heteroatoms. The maximum Gasteiger partial charge on any atom is 0.0739 e. The lowest BCUT2D eigenvalue weighted by atomic mass is 10.2. The molecule has 0 aliphatic carbocycles. The summed E-state index contributed by atoms with van der Waals surface area (Å²) in [7, 11) is -1.25. The van der Waals surface area contributed by atoms with E-state index in [2.05, 4.69) is 50.0 Å². The zero-order valence-corrected chi connectivity index (χ0v) is 12.0. The molecule has 0 amide bonds. The molecule has 0 aliphatic heterocycles. The number of halogens is 1. The minimum absolute atomic E-state index is 0.648. The molecular formula is C14H19ClSi. The number of allylic oxidation sites excluding steroid dienone is 3. The third-order valence-electron chi connectivity index (χ3n) is 2.49. The van der Waals surface area contributed by atoms with Gasteiger partial charge in [-0.3, -0.25) is 0 Å². The van der Waals surface area contributed by atoms with Gasteiger partial charge in [0.25, 0.3) is 0 Å². The Labute approximate surface area is 105 Å². The van der Waals surface area contributed by atoms with Crippen LogP contribution < -0.4 is 0 Å². The Morgan fingerprint density at radius 1 is 1.19 bits per heavy atom. The van der Waals surface area contributed by atoms with Crippen LogP contribution in [0.1, 0.15) is 5.56 Å². The van der Waals surface area contributed by atoms with Crippen LogP contribution in [0.15, 0.2) is 47.7 Å². The molecule has 1 aromatic rings. The van der Waals surface area contributed by atoms with Gasteiger partial charge in [0, 0.05) is 5.88 Å². The van der Waals surface area contributed by atoms with Gasteiger partial charge in [-0.25, -0.2) is 0 Å². The fraction of sp³-hybridized carbons (Fsp3) is 0.286. The molecule has 0 atom stereocenters. The normalized spacial score (nSPS) is 13.4. The predicted molar refractivity (Wildman–Crippen MR) is 77.6 cm³/mol. The van der Waals surface area contributed by atoms with Gasteiger partial charge in [0.2, 0.25) is 0 Å². The van der Waals surface area contributed by atoms with Crippen molar-refractivity contribution in [3.8, 4) is 0 Å². The maximum absolute atomic E-state index is 5.97. The molecule has 0 radical (unpaired) electrons. The van der Waals surface area contributed by atoms with Gasteiger partial charge in [-0.05, 0) is 5.56 Å². The molecule has 0 saturated carbocycles. The summed E-state index contributed by atoms with van der Waals surface area (Å²) < 4.78 is 0. The van der Waals surface area contributed by atoms with Crippen LogP contribution in [0.3, 0.4) is 0 Å². The highest BCUT2D eigenvalue weighted by Gasteiger charge is 2.17. The van der Waals surface area contributed by atoms with Gasteiger partial charge in [0.1, 0.15) is 0 Å². The largest absolute Gasteiger partial charge is 0.122 e. The average Bonchev–Trinajstić information content (AvgIpc) is 2.24. The van der Waals surface area contributed by atoms with Crippen molar-refractivity contribution in [3.05, 3.63) is 53.2 Å². The van der Waals surface area contributed by atoms with E-state index < -0.39 is 8.07 Å². The van der Waals surface area contributed by atoms with Gasteiger partial charge in [0.05, 0.1) is 8.07 Å². The second kappa shape index (κ2) is 6.07. The Morgan fingerprint density at radius 2 is 1.81 bits per heavy atom. The zero-order chi connectivity index (χ0) is 12.0. The molecule has 0 spiro atoms. The van der Waals surface area contributed by atoms with Gasteiger partial charge in [-0.2, -0.15) is 0 Å². The van der Waals surface area contributed by atoms with E-state index in [4.69, 9.17) is 11.6 Å². The lowest BCUT2D eigenvalue weighted by Crippen LogP contribution is -2.24. The Hall–Kier alpha value is -0.793. The van der Waals surface area contributed by atoms with Crippen LogP contribution in [0.4, 0.5) is 0 Å². The Balaban J connectivity index is 2.75. The first-order valence-corrected chi connectivity index (χ1v) is 9.56. The minimum Gasteiger partial charge on any atom is -0.122 e. The van der Waals surface area contributed by atoms with Crippen molar-refractivity contribution in [2.24, 2.45) is 0 Å². The summed E-state index contributed by atoms with van der Waals surface area (Å²) in [6.07, 6.45) is 6.39. The summed E-state index contributed by atoms with van der Waals surface area (Å²) >= 11 is 5.97. The minimum atomic E-state index is -1.25. The van der Waals surface area contributed by atoms with E-state index in [1.165, 1.54) is 10.8 Å². The molecule has 16 heavy (non-hydrogen) atoms. The molecule has 0 aliphatic rings. The van der Waals surface area contributed by atoms with E-state index in [-0.39, 0.29) is 0 Å². The van der Waals surface area contributed by atoms with Crippen molar-refractivity contribution < 1.29 is 0 Å². The van der Waals surface area contributed by atoms with Gasteiger partial charge in [-0.15, -0.1) is 11.6 Å². The first-order valence-electron chi connectivity index (χ1n) is 5.53. The Kier molecular flexibility index (Phi) is 5.03. The fourth-order valence-electron chi connectivity index (χ4n) is 1.33. The van der Waals surface area contributed by atoms with Crippen molar-refractivity contribution in [2.45, 2.75) is 19.6 Å². The molecule has 0 aromatic heterocycles. The lowest BCUT2D eigenvalue weighted by molar-refractivity contribution is 1.53. The Morgan fingerprint density at radius 3 is 2.31 bits per heavy atom. The van der Waals surface area contributed by atoms with Crippen molar-refractivity contribution in [1.29, 1.82) is 0 Å². The summed E-state index contributed by atoms with van der Waals surface area (Å²) in [5.41, 5.74) is 1.23. The van der Waals surface area contributed by atoms with Crippen molar-refractivity contribution in [3.63, 3.8) is 0 Å². The standard InChI is InChI=1S/C14H19ClSi/c1-16(2,3)14(12-15)11-7-10-13-8-5-4-6-9-13/h4-11H,12H2,1-3H3/b10-7+,14-11+. The maximum atomic E-state index is 5.97. The van der Waals surface area contributed by atoms with Crippen LogP contribution in [0.25, 0.3) is 6.08 Å². The SMILES string of the molecule is C[Si](C)(C)/C(=C/C=C/c1ccccc1)CCl. The number of hydrogen-bond donors (Lipinski definition) is 0. The highest BCUT2D eigenvalue weighted by Crippen LogP contribution is 2.16. The van der Waals surface area contributed by atoms with Gasteiger partial charge < -0.3 is 0 Å². The lowest BCUT2D eigenvalue weighted by Gasteiger charge is -2.17. The summed E-state index contributed by atoms with van der Waals surface area (Å²) in [5, 5.41) is 1.39. The quantitative estimate of drug-likeness (QED) is 0.411. The van der Waals surface area contributed by atoms with Gasteiger partial charge >= 0.3 is 0 Å². The predicted octanol–water partition coefficient (Wildman–Crippen LogP) is 4.74. The summed E-state index contributed by atoms with van der Waals surface area (Å²) in [6, 6.07) is 10.3. The van der Waals surface area contributed by atoms with Crippen molar-refractivity contribution in [1.82, 2.24) is 0 Å². The van der Waals surface area contributed by atoms with Gasteiger partial charge in [-0.1, -0.05) is 73.4 Å². The van der Waals surface area contributed by atoms with Crippen LogP contribution in [0, 0.1) is 0 Å². The molecule has 86 valence electrons. The average molecular weight is 251 g/mol. The zero-order valence-electron chi connectivity index (χ0n) is 10.2. The Bertz CT molecular complexity index is 371. The third kappa shape index (κ3) is 4.38. The molecule has 1 rings (SSSR count). The number of hydrogen-bond acceptors (Lipinski definition) is 0. The van der Waals surface area contributed by atoms with Crippen LogP contribution in [-0.4, -0.2) is 14.0 Å². The monoisotopic (exact) mass is 250 g/mol. The van der Waals surface area contributed by atoms with E-state index in [1.54, 1.807) is 0 Å². The topological polar surface area (TPSA) is 0 Å². The highest BCUT2D eigenvalue weighted by molar-refractivity contribution is 6.83. The molecule has 0 saturated heterocycles. The number of benzene rings is 1. The van der Waals surface area contributed by atoms with E-state index in [9.17, 15) is 0 Å². The summed E-state index contributed by atoms with van der Waals surface area (Å²) in [5.74, 6) is 0.648. The van der Waals surface area contributed by atoms with Crippen LogP contribution >= 0.6 is 11.6 Å². The number of alkyl halides is 1. The van der Waals surface area contributed by atoms with E-state index in [0.717, 1.165) is 0 Å². The summed E-state index contributed by atoms with van der Waals surface area (Å²) in [6.45, 7) is 6.95. The first-order chi connectivity index (χ1) is 7.54. The van der Waals surface area contributed by atoms with E-state index >= 15 is 0 Å². The molecule has 0 N–H and O–H groups in total. The molecule has 1 aromatic carbocycles. The van der Waals surface area contributed by atoms with Crippen molar-refractivity contribution in [2.75, 3.05) is 5.88 Å². The van der Waals surface area contributed by atoms with Crippen molar-refractivity contribution >= 4 is 25.8 Å². The smallest absolute Gasteiger partial charge is 0.0739 e. The second-order valence-corrected chi connectivity index (χ2v) is 10.3. The molecule has 0 heterocycles. The molecule has 0 unspecified atom stereocenters. The van der Waals surface area contributed by atoms with Crippen LogP contribution in [0.2, 0.25) is 19.6 Å². The molecule has 0 fully saturated rings. The van der Waals surface area contributed by atoms with Crippen LogP contribution in [0.5, 0.6) is 0 Å². The third-order valence-corrected chi connectivity index (χ3v) is 5.28. The summed E-state index contributed by atoms with van der Waals surface area (Å²) in [4.78, 5) is 0. The molecular weight excluding hydrogens is 232 g/mol. The van der Waals surface area contributed by atoms with E-state index in [0.29, 0.717) is 5.88 Å².